The van der Waals surface area contributed by atoms with Gasteiger partial charge in [-0.1, -0.05) is 15.9 Å². The number of halogens is 2. The zero-order valence-electron chi connectivity index (χ0n) is 8.44. The summed E-state index contributed by atoms with van der Waals surface area (Å²) in [5, 5.41) is 4.70. The molecule has 16 heavy (non-hydrogen) atoms. The van der Waals surface area contributed by atoms with Gasteiger partial charge in [-0.25, -0.2) is 9.07 Å². The number of hydrogen-bond acceptors (Lipinski definition) is 2. The van der Waals surface area contributed by atoms with Crippen LogP contribution in [0.2, 0.25) is 0 Å². The van der Waals surface area contributed by atoms with Crippen molar-refractivity contribution in [1.82, 2.24) is 9.78 Å². The van der Waals surface area contributed by atoms with Crippen molar-refractivity contribution >= 4 is 15.9 Å². The molecule has 0 amide bonds. The van der Waals surface area contributed by atoms with Crippen molar-refractivity contribution in [2.45, 2.75) is 0 Å². The van der Waals surface area contributed by atoms with Gasteiger partial charge in [0.1, 0.15) is 0 Å². The highest BCUT2D eigenvalue weighted by molar-refractivity contribution is 9.09. The topological polar surface area (TPSA) is 27.1 Å². The van der Waals surface area contributed by atoms with Crippen LogP contribution in [0.5, 0.6) is 5.75 Å². The van der Waals surface area contributed by atoms with Gasteiger partial charge in [-0.3, -0.25) is 0 Å². The Morgan fingerprint density at radius 3 is 2.94 bits per heavy atom. The third-order valence-electron chi connectivity index (χ3n) is 2.02. The van der Waals surface area contributed by atoms with Crippen LogP contribution in [0, 0.1) is 5.82 Å². The van der Waals surface area contributed by atoms with Crippen molar-refractivity contribution in [3.05, 3.63) is 42.5 Å². The van der Waals surface area contributed by atoms with Crippen molar-refractivity contribution in [2.75, 3.05) is 11.9 Å². The van der Waals surface area contributed by atoms with Gasteiger partial charge >= 0.3 is 0 Å². The maximum atomic E-state index is 13.6. The lowest BCUT2D eigenvalue weighted by molar-refractivity contribution is 0.326. The highest BCUT2D eigenvalue weighted by Crippen LogP contribution is 2.20. The summed E-state index contributed by atoms with van der Waals surface area (Å²) in [5.41, 5.74) is 0.675. The molecule has 1 aromatic heterocycles. The predicted octanol–water partition coefficient (Wildman–Crippen LogP) is 2.79. The first-order chi connectivity index (χ1) is 7.81. The molecule has 0 unspecified atom stereocenters. The minimum Gasteiger partial charge on any atom is -0.490 e. The summed E-state index contributed by atoms with van der Waals surface area (Å²) < 4.78 is 20.4. The van der Waals surface area contributed by atoms with E-state index in [1.54, 1.807) is 35.3 Å². The Morgan fingerprint density at radius 2 is 2.31 bits per heavy atom. The molecular formula is C11H10BrFN2O. The molecule has 0 radical (unpaired) electrons. The molecule has 0 N–H and O–H groups in total. The van der Waals surface area contributed by atoms with Crippen LogP contribution in [-0.2, 0) is 0 Å². The molecule has 0 fully saturated rings. The largest absolute Gasteiger partial charge is 0.490 e. The summed E-state index contributed by atoms with van der Waals surface area (Å²) in [5.74, 6) is -0.121. The molecule has 2 rings (SSSR count). The minimum atomic E-state index is -0.381. The van der Waals surface area contributed by atoms with Gasteiger partial charge in [0.25, 0.3) is 0 Å². The van der Waals surface area contributed by atoms with E-state index in [1.165, 1.54) is 6.07 Å². The van der Waals surface area contributed by atoms with E-state index in [1.807, 2.05) is 0 Å². The molecule has 1 heterocycles. The average molecular weight is 285 g/mol. The summed E-state index contributed by atoms with van der Waals surface area (Å²) in [6, 6.07) is 6.55. The lowest BCUT2D eigenvalue weighted by atomic mass is 10.3. The number of benzene rings is 1. The van der Waals surface area contributed by atoms with E-state index in [4.69, 9.17) is 4.74 Å². The highest BCUT2D eigenvalue weighted by atomic mass is 79.9. The molecule has 0 bridgehead atoms. The third kappa shape index (κ3) is 2.41. The van der Waals surface area contributed by atoms with E-state index in [0.717, 1.165) is 0 Å². The number of nitrogens with zero attached hydrogens (tertiary/aromatic N) is 2. The van der Waals surface area contributed by atoms with E-state index in [0.29, 0.717) is 17.6 Å². The number of alkyl halides is 1. The molecule has 5 heteroatoms. The highest BCUT2D eigenvalue weighted by Gasteiger charge is 2.05. The quantitative estimate of drug-likeness (QED) is 0.808. The van der Waals surface area contributed by atoms with Crippen molar-refractivity contribution in [2.24, 2.45) is 0 Å². The Labute approximate surface area is 101 Å². The van der Waals surface area contributed by atoms with Crippen LogP contribution in [-0.4, -0.2) is 21.7 Å². The minimum absolute atomic E-state index is 0.260. The lowest BCUT2D eigenvalue weighted by Gasteiger charge is -2.07. The standard InChI is InChI=1S/C11H10BrFN2O/c12-4-7-16-11-3-2-9(8-10(11)13)15-6-1-5-14-15/h1-3,5-6,8H,4,7H2. The summed E-state index contributed by atoms with van der Waals surface area (Å²) in [6.45, 7) is 0.442. The monoisotopic (exact) mass is 284 g/mol. The molecule has 2 aromatic rings. The Morgan fingerprint density at radius 1 is 1.44 bits per heavy atom. The van der Waals surface area contributed by atoms with Gasteiger partial charge in [-0.2, -0.15) is 5.10 Å². The molecule has 84 valence electrons. The van der Waals surface area contributed by atoms with Gasteiger partial charge in [0.2, 0.25) is 0 Å². The second-order valence-electron chi connectivity index (χ2n) is 3.10. The van der Waals surface area contributed by atoms with Gasteiger partial charge in [0, 0.05) is 23.8 Å². The fraction of sp³-hybridized carbons (Fsp3) is 0.182. The van der Waals surface area contributed by atoms with Crippen molar-refractivity contribution < 1.29 is 9.13 Å². The second kappa shape index (κ2) is 5.12. The predicted molar refractivity (Wildman–Crippen MR) is 62.8 cm³/mol. The van der Waals surface area contributed by atoms with E-state index >= 15 is 0 Å². The smallest absolute Gasteiger partial charge is 0.167 e. The van der Waals surface area contributed by atoms with Crippen LogP contribution in [0.4, 0.5) is 4.39 Å². The van der Waals surface area contributed by atoms with Gasteiger partial charge in [-0.05, 0) is 18.2 Å². The van der Waals surface area contributed by atoms with E-state index in [-0.39, 0.29) is 11.6 Å². The molecule has 0 spiro atoms. The Kier molecular flexibility index (Phi) is 3.56. The zero-order valence-corrected chi connectivity index (χ0v) is 10.0. The Balaban J connectivity index is 2.23. The van der Waals surface area contributed by atoms with E-state index in [9.17, 15) is 4.39 Å². The van der Waals surface area contributed by atoms with E-state index in [2.05, 4.69) is 21.0 Å². The van der Waals surface area contributed by atoms with Crippen LogP contribution < -0.4 is 4.74 Å². The lowest BCUT2D eigenvalue weighted by Crippen LogP contribution is -2.01. The first-order valence-corrected chi connectivity index (χ1v) is 5.92. The summed E-state index contributed by atoms with van der Waals surface area (Å²) >= 11 is 3.22. The molecule has 0 saturated carbocycles. The molecular weight excluding hydrogens is 275 g/mol. The Hall–Kier alpha value is -1.36. The molecule has 0 aliphatic heterocycles. The molecule has 1 aromatic carbocycles. The fourth-order valence-electron chi connectivity index (χ4n) is 1.32. The maximum Gasteiger partial charge on any atom is 0.167 e. The molecule has 0 aliphatic rings. The van der Waals surface area contributed by atoms with Gasteiger partial charge in [0.15, 0.2) is 11.6 Å². The van der Waals surface area contributed by atoms with Crippen LogP contribution in [0.1, 0.15) is 0 Å². The fourth-order valence-corrected chi connectivity index (χ4v) is 1.48. The summed E-state index contributed by atoms with van der Waals surface area (Å²) in [7, 11) is 0. The van der Waals surface area contributed by atoms with Crippen molar-refractivity contribution in [3.8, 4) is 11.4 Å². The number of aromatic nitrogens is 2. The second-order valence-corrected chi connectivity index (χ2v) is 3.90. The number of ether oxygens (including phenoxy) is 1. The van der Waals surface area contributed by atoms with Gasteiger partial charge < -0.3 is 4.74 Å². The molecule has 0 aliphatic carbocycles. The van der Waals surface area contributed by atoms with E-state index < -0.39 is 0 Å². The van der Waals surface area contributed by atoms with Crippen molar-refractivity contribution in [1.29, 1.82) is 0 Å². The van der Waals surface area contributed by atoms with Gasteiger partial charge in [-0.15, -0.1) is 0 Å². The van der Waals surface area contributed by atoms with Crippen LogP contribution in [0.25, 0.3) is 5.69 Å². The molecule has 0 atom stereocenters. The zero-order chi connectivity index (χ0) is 11.4. The van der Waals surface area contributed by atoms with Crippen molar-refractivity contribution in [3.63, 3.8) is 0 Å². The van der Waals surface area contributed by atoms with Crippen LogP contribution in [0.3, 0.4) is 0 Å². The summed E-state index contributed by atoms with van der Waals surface area (Å²) in [4.78, 5) is 0. The Bertz CT molecular complexity index is 459. The third-order valence-corrected chi connectivity index (χ3v) is 2.34. The molecule has 0 saturated heterocycles. The number of rotatable bonds is 4. The maximum absolute atomic E-state index is 13.6. The average Bonchev–Trinajstić information content (AvgIpc) is 2.81. The van der Waals surface area contributed by atoms with Crippen LogP contribution in [0.15, 0.2) is 36.7 Å². The normalized spacial score (nSPS) is 10.4. The summed E-state index contributed by atoms with van der Waals surface area (Å²) in [6.07, 6.45) is 3.40. The molecule has 3 nitrogen and oxygen atoms in total. The number of hydrogen-bond donors (Lipinski definition) is 0. The van der Waals surface area contributed by atoms with Gasteiger partial charge in [0.05, 0.1) is 12.3 Å². The first-order valence-electron chi connectivity index (χ1n) is 4.79. The SMILES string of the molecule is Fc1cc(-n2cccn2)ccc1OCCBr. The van der Waals surface area contributed by atoms with Crippen LogP contribution >= 0.6 is 15.9 Å². The first kappa shape index (κ1) is 11.1.